The first-order valence-corrected chi connectivity index (χ1v) is 10.0. The molecule has 5 heteroatoms. The Morgan fingerprint density at radius 2 is 1.79 bits per heavy atom. The van der Waals surface area contributed by atoms with Gasteiger partial charge in [-0.1, -0.05) is 35.4 Å². The van der Waals surface area contributed by atoms with Crippen LogP contribution in [0.3, 0.4) is 0 Å². The topological polar surface area (TPSA) is 41.9 Å². The van der Waals surface area contributed by atoms with Crippen molar-refractivity contribution in [2.75, 3.05) is 19.6 Å². The number of halogens is 1. The Morgan fingerprint density at radius 3 is 2.39 bits per heavy atom. The minimum absolute atomic E-state index is 0.0756. The van der Waals surface area contributed by atoms with Gasteiger partial charge in [-0.3, -0.25) is 4.79 Å². The van der Waals surface area contributed by atoms with Crippen molar-refractivity contribution in [3.8, 4) is 0 Å². The molecule has 1 amide bonds. The smallest absolute Gasteiger partial charge is 0.253 e. The van der Waals surface area contributed by atoms with Gasteiger partial charge in [0.2, 0.25) is 5.90 Å². The SMILES string of the molecule is C[C@H]1CN=C(c2ccc(C=C3CCN(C(=O)c4ccc(Cl)cc4)CC3)cc2)O1. The number of carbonyl (C=O) groups is 1. The lowest BCUT2D eigenvalue weighted by molar-refractivity contribution is 0.0744. The van der Waals surface area contributed by atoms with E-state index in [1.54, 1.807) is 24.3 Å². The number of ether oxygens (including phenoxy) is 1. The molecule has 0 aliphatic carbocycles. The van der Waals surface area contributed by atoms with Crippen LogP contribution >= 0.6 is 11.6 Å². The standard InChI is InChI=1S/C23H23ClN2O2/c1-16-15-25-22(28-16)19-4-2-17(3-5-19)14-18-10-12-26(13-11-18)23(27)20-6-8-21(24)9-7-20/h2-9,14,16H,10-13,15H2,1H3/t16-/m0/s1. The molecule has 28 heavy (non-hydrogen) atoms. The molecule has 0 N–H and O–H groups in total. The largest absolute Gasteiger partial charge is 0.472 e. The molecule has 144 valence electrons. The van der Waals surface area contributed by atoms with E-state index in [0.29, 0.717) is 10.6 Å². The molecule has 4 nitrogen and oxygen atoms in total. The number of hydrogen-bond acceptors (Lipinski definition) is 3. The van der Waals surface area contributed by atoms with Gasteiger partial charge in [0.25, 0.3) is 5.91 Å². The van der Waals surface area contributed by atoms with Crippen molar-refractivity contribution in [3.05, 3.63) is 75.8 Å². The summed E-state index contributed by atoms with van der Waals surface area (Å²) in [7, 11) is 0. The number of hydrogen-bond donors (Lipinski definition) is 0. The van der Waals surface area contributed by atoms with Crippen LogP contribution in [0.25, 0.3) is 6.08 Å². The normalized spacial score (nSPS) is 19.2. The molecule has 0 aromatic heterocycles. The first-order chi connectivity index (χ1) is 13.6. The van der Waals surface area contributed by atoms with Crippen molar-refractivity contribution in [1.82, 2.24) is 4.90 Å². The Hall–Kier alpha value is -2.59. The van der Waals surface area contributed by atoms with Crippen molar-refractivity contribution in [2.24, 2.45) is 4.99 Å². The molecule has 0 spiro atoms. The second-order valence-electron chi connectivity index (χ2n) is 7.30. The number of rotatable bonds is 3. The maximum Gasteiger partial charge on any atom is 0.253 e. The average molecular weight is 395 g/mol. The highest BCUT2D eigenvalue weighted by Crippen LogP contribution is 2.22. The van der Waals surface area contributed by atoms with Gasteiger partial charge in [0.1, 0.15) is 6.10 Å². The molecule has 2 aromatic rings. The van der Waals surface area contributed by atoms with Gasteiger partial charge in [0.05, 0.1) is 6.54 Å². The van der Waals surface area contributed by atoms with E-state index in [-0.39, 0.29) is 12.0 Å². The number of benzene rings is 2. The lowest BCUT2D eigenvalue weighted by atomic mass is 9.99. The third-order valence-electron chi connectivity index (χ3n) is 5.12. The highest BCUT2D eigenvalue weighted by atomic mass is 35.5. The quantitative estimate of drug-likeness (QED) is 0.748. The van der Waals surface area contributed by atoms with Gasteiger partial charge in [0, 0.05) is 29.2 Å². The van der Waals surface area contributed by atoms with Crippen molar-refractivity contribution >= 4 is 29.5 Å². The van der Waals surface area contributed by atoms with Crippen LogP contribution < -0.4 is 0 Å². The lowest BCUT2D eigenvalue weighted by Crippen LogP contribution is -2.36. The van der Waals surface area contributed by atoms with Crippen LogP contribution in [-0.4, -0.2) is 42.4 Å². The molecule has 2 heterocycles. The Morgan fingerprint density at radius 1 is 1.11 bits per heavy atom. The van der Waals surface area contributed by atoms with Gasteiger partial charge in [-0.2, -0.15) is 0 Å². The van der Waals surface area contributed by atoms with Crippen molar-refractivity contribution in [2.45, 2.75) is 25.9 Å². The van der Waals surface area contributed by atoms with E-state index in [9.17, 15) is 4.79 Å². The monoisotopic (exact) mass is 394 g/mol. The van der Waals surface area contributed by atoms with Crippen LogP contribution in [0, 0.1) is 0 Å². The summed E-state index contributed by atoms with van der Waals surface area (Å²) in [6, 6.07) is 15.4. The minimum atomic E-state index is 0.0756. The van der Waals surface area contributed by atoms with E-state index in [2.05, 4.69) is 35.3 Å². The number of likely N-dealkylation sites (tertiary alicyclic amines) is 1. The summed E-state index contributed by atoms with van der Waals surface area (Å²) in [5, 5.41) is 0.646. The average Bonchev–Trinajstić information content (AvgIpc) is 3.15. The Labute approximate surface area is 170 Å². The van der Waals surface area contributed by atoms with Gasteiger partial charge in [-0.15, -0.1) is 0 Å². The summed E-state index contributed by atoms with van der Waals surface area (Å²) in [5.41, 5.74) is 4.26. The fourth-order valence-corrected chi connectivity index (χ4v) is 3.64. The fraction of sp³-hybridized carbons (Fsp3) is 0.304. The maximum absolute atomic E-state index is 12.6. The summed E-state index contributed by atoms with van der Waals surface area (Å²) in [4.78, 5) is 18.9. The van der Waals surface area contributed by atoms with Crippen LogP contribution in [0.15, 0.2) is 59.1 Å². The van der Waals surface area contributed by atoms with Crippen LogP contribution in [0.1, 0.15) is 41.3 Å². The second-order valence-corrected chi connectivity index (χ2v) is 7.73. The Kier molecular flexibility index (Phi) is 5.49. The van der Waals surface area contributed by atoms with Gasteiger partial charge in [-0.25, -0.2) is 4.99 Å². The third-order valence-corrected chi connectivity index (χ3v) is 5.37. The summed E-state index contributed by atoms with van der Waals surface area (Å²) in [6.07, 6.45) is 4.19. The molecule has 4 rings (SSSR count). The maximum atomic E-state index is 12.6. The molecule has 0 saturated carbocycles. The van der Waals surface area contributed by atoms with Crippen LogP contribution in [0.2, 0.25) is 5.02 Å². The van der Waals surface area contributed by atoms with E-state index >= 15 is 0 Å². The number of aliphatic imine (C=N–C) groups is 1. The van der Waals surface area contributed by atoms with Crippen molar-refractivity contribution in [3.63, 3.8) is 0 Å². The van der Waals surface area contributed by atoms with Crippen molar-refractivity contribution < 1.29 is 9.53 Å². The van der Waals surface area contributed by atoms with E-state index in [1.807, 2.05) is 11.8 Å². The third kappa shape index (κ3) is 4.28. The van der Waals surface area contributed by atoms with Gasteiger partial charge < -0.3 is 9.64 Å². The molecule has 2 aromatic carbocycles. The highest BCUT2D eigenvalue weighted by molar-refractivity contribution is 6.30. The van der Waals surface area contributed by atoms with E-state index in [0.717, 1.165) is 43.9 Å². The molecule has 2 aliphatic rings. The van der Waals surface area contributed by atoms with Gasteiger partial charge in [0.15, 0.2) is 0 Å². The highest BCUT2D eigenvalue weighted by Gasteiger charge is 2.20. The van der Waals surface area contributed by atoms with Gasteiger partial charge >= 0.3 is 0 Å². The molecule has 0 bridgehead atoms. The minimum Gasteiger partial charge on any atom is -0.472 e. The first kappa shape index (κ1) is 18.8. The van der Waals surface area contributed by atoms with Crippen molar-refractivity contribution in [1.29, 1.82) is 0 Å². The van der Waals surface area contributed by atoms with E-state index in [1.165, 1.54) is 11.1 Å². The molecule has 1 fully saturated rings. The Bertz CT molecular complexity index is 907. The molecule has 0 unspecified atom stereocenters. The summed E-state index contributed by atoms with van der Waals surface area (Å²) in [5.74, 6) is 0.812. The molecule has 1 atom stereocenters. The number of piperidine rings is 1. The van der Waals surface area contributed by atoms with Crippen LogP contribution in [0.4, 0.5) is 0 Å². The van der Waals surface area contributed by atoms with E-state index in [4.69, 9.17) is 16.3 Å². The molecule has 0 radical (unpaired) electrons. The zero-order valence-electron chi connectivity index (χ0n) is 15.9. The van der Waals surface area contributed by atoms with Crippen LogP contribution in [-0.2, 0) is 4.74 Å². The molecule has 2 aliphatic heterocycles. The Balaban J connectivity index is 1.36. The molecular weight excluding hydrogens is 372 g/mol. The second kappa shape index (κ2) is 8.19. The summed E-state index contributed by atoms with van der Waals surface area (Å²) < 4.78 is 5.70. The zero-order valence-corrected chi connectivity index (χ0v) is 16.7. The number of nitrogens with zero attached hydrogens (tertiary/aromatic N) is 2. The van der Waals surface area contributed by atoms with E-state index < -0.39 is 0 Å². The fourth-order valence-electron chi connectivity index (χ4n) is 3.51. The predicted octanol–water partition coefficient (Wildman–Crippen LogP) is 4.82. The summed E-state index contributed by atoms with van der Waals surface area (Å²) >= 11 is 5.91. The lowest BCUT2D eigenvalue weighted by Gasteiger charge is -2.28. The predicted molar refractivity (Wildman–Crippen MR) is 113 cm³/mol. The van der Waals surface area contributed by atoms with Crippen LogP contribution in [0.5, 0.6) is 0 Å². The number of amides is 1. The number of carbonyl (C=O) groups excluding carboxylic acids is 1. The van der Waals surface area contributed by atoms with Gasteiger partial charge in [-0.05, 0) is 61.7 Å². The zero-order chi connectivity index (χ0) is 19.5. The molecular formula is C23H23ClN2O2. The first-order valence-electron chi connectivity index (χ1n) is 9.64. The summed E-state index contributed by atoms with van der Waals surface area (Å²) in [6.45, 7) is 4.24. The molecule has 1 saturated heterocycles.